The Hall–Kier alpha value is -2.71. The number of morpholine rings is 1. The first-order valence-electron chi connectivity index (χ1n) is 10.6. The largest absolute Gasteiger partial charge is 0.459 e. The fourth-order valence-corrected chi connectivity index (χ4v) is 3.93. The number of rotatable bonds is 6. The number of amides is 2. The van der Waals surface area contributed by atoms with Crippen LogP contribution in [0.2, 0.25) is 0 Å². The van der Waals surface area contributed by atoms with Crippen LogP contribution in [0.25, 0.3) is 0 Å². The van der Waals surface area contributed by atoms with Gasteiger partial charge in [0.05, 0.1) is 25.0 Å². The van der Waals surface area contributed by atoms with Gasteiger partial charge in [-0.3, -0.25) is 19.5 Å². The Labute approximate surface area is 176 Å². The van der Waals surface area contributed by atoms with Gasteiger partial charge in [0, 0.05) is 51.7 Å². The summed E-state index contributed by atoms with van der Waals surface area (Å²) in [6, 6.07) is 5.41. The fraction of sp³-hybridized carbons (Fsp3) is 0.500. The summed E-state index contributed by atoms with van der Waals surface area (Å²) in [7, 11) is 0. The molecule has 0 saturated carbocycles. The van der Waals surface area contributed by atoms with Crippen LogP contribution >= 0.6 is 0 Å². The smallest absolute Gasteiger partial charge is 0.289 e. The average Bonchev–Trinajstić information content (AvgIpc) is 3.34. The molecule has 8 heteroatoms. The average molecular weight is 412 g/mol. The maximum Gasteiger partial charge on any atom is 0.289 e. The van der Waals surface area contributed by atoms with E-state index in [0.717, 1.165) is 38.0 Å². The summed E-state index contributed by atoms with van der Waals surface area (Å²) in [5, 5.41) is 0. The molecule has 8 nitrogen and oxygen atoms in total. The van der Waals surface area contributed by atoms with Crippen LogP contribution in [0.1, 0.15) is 32.9 Å². The Balaban J connectivity index is 1.21. The Bertz CT molecular complexity index is 841. The molecule has 2 aromatic rings. The van der Waals surface area contributed by atoms with E-state index in [1.807, 2.05) is 22.1 Å². The number of carbonyl (C=O) groups excluding carboxylic acids is 2. The van der Waals surface area contributed by atoms with Crippen LogP contribution in [0.15, 0.2) is 41.3 Å². The van der Waals surface area contributed by atoms with E-state index in [1.54, 1.807) is 18.3 Å². The van der Waals surface area contributed by atoms with Gasteiger partial charge in [-0.1, -0.05) is 0 Å². The summed E-state index contributed by atoms with van der Waals surface area (Å²) in [4.78, 5) is 35.3. The molecule has 0 aromatic carbocycles. The second-order valence-electron chi connectivity index (χ2n) is 7.70. The van der Waals surface area contributed by atoms with Crippen molar-refractivity contribution >= 4 is 11.8 Å². The molecule has 0 radical (unpaired) electrons. The second-order valence-corrected chi connectivity index (χ2v) is 7.70. The molecule has 2 saturated heterocycles. The van der Waals surface area contributed by atoms with Gasteiger partial charge in [-0.2, -0.15) is 0 Å². The van der Waals surface area contributed by atoms with Crippen LogP contribution in [0, 0.1) is 0 Å². The molecule has 0 bridgehead atoms. The van der Waals surface area contributed by atoms with Gasteiger partial charge < -0.3 is 19.0 Å². The highest BCUT2D eigenvalue weighted by Gasteiger charge is 2.23. The SMILES string of the molecule is O=C(c1cncc(CCCN2CCN(C(=O)c3ccco3)CC2)c1)N1CCOCC1. The molecule has 0 aliphatic carbocycles. The summed E-state index contributed by atoms with van der Waals surface area (Å²) in [6.45, 7) is 6.58. The van der Waals surface area contributed by atoms with E-state index in [0.29, 0.717) is 50.7 Å². The number of aryl methyl sites for hydroxylation is 1. The highest BCUT2D eigenvalue weighted by Crippen LogP contribution is 2.12. The first kappa shape index (κ1) is 20.6. The molecule has 0 unspecified atom stereocenters. The fourth-order valence-electron chi connectivity index (χ4n) is 3.93. The lowest BCUT2D eigenvalue weighted by Crippen LogP contribution is -2.48. The summed E-state index contributed by atoms with van der Waals surface area (Å²) in [5.41, 5.74) is 1.74. The maximum absolute atomic E-state index is 12.6. The Morgan fingerprint density at radius 3 is 2.47 bits per heavy atom. The highest BCUT2D eigenvalue weighted by molar-refractivity contribution is 5.94. The van der Waals surface area contributed by atoms with Crippen molar-refractivity contribution in [2.45, 2.75) is 12.8 Å². The molecule has 0 N–H and O–H groups in total. The first-order chi connectivity index (χ1) is 14.7. The van der Waals surface area contributed by atoms with Crippen molar-refractivity contribution in [1.29, 1.82) is 0 Å². The van der Waals surface area contributed by atoms with Crippen molar-refractivity contribution in [3.8, 4) is 0 Å². The van der Waals surface area contributed by atoms with Gasteiger partial charge in [0.1, 0.15) is 0 Å². The number of nitrogens with zero attached hydrogens (tertiary/aromatic N) is 4. The number of furan rings is 1. The van der Waals surface area contributed by atoms with Crippen molar-refractivity contribution in [2.75, 3.05) is 59.0 Å². The van der Waals surface area contributed by atoms with E-state index in [2.05, 4.69) is 9.88 Å². The topological polar surface area (TPSA) is 79.1 Å². The molecule has 2 fully saturated rings. The molecule has 0 atom stereocenters. The summed E-state index contributed by atoms with van der Waals surface area (Å²) in [5.74, 6) is 0.403. The summed E-state index contributed by atoms with van der Waals surface area (Å²) in [6.07, 6.45) is 6.89. The number of ether oxygens (including phenoxy) is 1. The third-order valence-corrected chi connectivity index (χ3v) is 5.67. The maximum atomic E-state index is 12.6. The standard InChI is InChI=1S/C22H28N4O4/c27-21(26-10-13-29-14-11-26)19-15-18(16-23-17-19)3-1-5-24-6-8-25(9-7-24)22(28)20-4-2-12-30-20/h2,4,12,15-17H,1,3,5-11,13-14H2. The predicted octanol–water partition coefficient (Wildman–Crippen LogP) is 1.54. The molecule has 160 valence electrons. The van der Waals surface area contributed by atoms with Crippen molar-refractivity contribution in [3.05, 3.63) is 53.7 Å². The minimum absolute atomic E-state index is 0.0324. The van der Waals surface area contributed by atoms with E-state index in [1.165, 1.54) is 6.26 Å². The van der Waals surface area contributed by atoms with Crippen molar-refractivity contribution in [3.63, 3.8) is 0 Å². The van der Waals surface area contributed by atoms with Crippen LogP contribution in [0.4, 0.5) is 0 Å². The van der Waals surface area contributed by atoms with Crippen LogP contribution in [0.3, 0.4) is 0 Å². The number of hydrogen-bond donors (Lipinski definition) is 0. The highest BCUT2D eigenvalue weighted by atomic mass is 16.5. The molecule has 30 heavy (non-hydrogen) atoms. The minimum Gasteiger partial charge on any atom is -0.459 e. The zero-order chi connectivity index (χ0) is 20.8. The van der Waals surface area contributed by atoms with Gasteiger partial charge >= 0.3 is 0 Å². The Morgan fingerprint density at radius 1 is 0.967 bits per heavy atom. The van der Waals surface area contributed by atoms with E-state index in [9.17, 15) is 9.59 Å². The first-order valence-corrected chi connectivity index (χ1v) is 10.6. The summed E-state index contributed by atoms with van der Waals surface area (Å²) < 4.78 is 10.5. The van der Waals surface area contributed by atoms with Crippen LogP contribution < -0.4 is 0 Å². The third-order valence-electron chi connectivity index (χ3n) is 5.67. The molecule has 2 aliphatic rings. The monoisotopic (exact) mass is 412 g/mol. The molecular formula is C22H28N4O4. The van der Waals surface area contributed by atoms with E-state index >= 15 is 0 Å². The molecule has 4 heterocycles. The zero-order valence-electron chi connectivity index (χ0n) is 17.2. The summed E-state index contributed by atoms with van der Waals surface area (Å²) >= 11 is 0. The van der Waals surface area contributed by atoms with Gasteiger partial charge in [0.2, 0.25) is 0 Å². The van der Waals surface area contributed by atoms with Gasteiger partial charge in [-0.05, 0) is 43.1 Å². The molecule has 2 amide bonds. The minimum atomic E-state index is -0.0347. The number of aromatic nitrogens is 1. The lowest BCUT2D eigenvalue weighted by molar-refractivity contribution is 0.0302. The third kappa shape index (κ3) is 5.06. The molecule has 4 rings (SSSR count). The Morgan fingerprint density at radius 2 is 1.73 bits per heavy atom. The number of hydrogen-bond acceptors (Lipinski definition) is 6. The lowest BCUT2D eigenvalue weighted by Gasteiger charge is -2.34. The molecule has 2 aliphatic heterocycles. The number of carbonyl (C=O) groups is 2. The van der Waals surface area contributed by atoms with Crippen molar-refractivity contribution in [2.24, 2.45) is 0 Å². The number of pyridine rings is 1. The Kier molecular flexibility index (Phi) is 6.76. The zero-order valence-corrected chi connectivity index (χ0v) is 17.2. The van der Waals surface area contributed by atoms with Crippen LogP contribution in [-0.2, 0) is 11.2 Å². The molecular weight excluding hydrogens is 384 g/mol. The van der Waals surface area contributed by atoms with E-state index < -0.39 is 0 Å². The van der Waals surface area contributed by atoms with Gasteiger partial charge in [0.15, 0.2) is 5.76 Å². The lowest BCUT2D eigenvalue weighted by atomic mass is 10.1. The normalized spacial score (nSPS) is 17.9. The number of piperazine rings is 1. The van der Waals surface area contributed by atoms with Crippen LogP contribution in [0.5, 0.6) is 0 Å². The van der Waals surface area contributed by atoms with Gasteiger partial charge in [-0.25, -0.2) is 0 Å². The second kappa shape index (κ2) is 9.86. The van der Waals surface area contributed by atoms with Gasteiger partial charge in [-0.15, -0.1) is 0 Å². The van der Waals surface area contributed by atoms with E-state index in [4.69, 9.17) is 9.15 Å². The molecule has 0 spiro atoms. The van der Waals surface area contributed by atoms with Crippen LogP contribution in [-0.4, -0.2) is 90.5 Å². The van der Waals surface area contributed by atoms with Crippen molar-refractivity contribution in [1.82, 2.24) is 19.7 Å². The van der Waals surface area contributed by atoms with E-state index in [-0.39, 0.29) is 11.8 Å². The van der Waals surface area contributed by atoms with Gasteiger partial charge in [0.25, 0.3) is 11.8 Å². The quantitative estimate of drug-likeness (QED) is 0.716. The van der Waals surface area contributed by atoms with Crippen molar-refractivity contribution < 1.29 is 18.7 Å². The predicted molar refractivity (Wildman–Crippen MR) is 110 cm³/mol. The molecule has 2 aromatic heterocycles.